The molecule has 28 heavy (non-hydrogen) atoms. The lowest BCUT2D eigenvalue weighted by Gasteiger charge is -2.29. The highest BCUT2D eigenvalue weighted by atomic mass is 19.3. The summed E-state index contributed by atoms with van der Waals surface area (Å²) in [5, 5.41) is 2.27. The number of nitrogens with one attached hydrogen (secondary N) is 1. The Bertz CT molecular complexity index is 844. The Hall–Kier alpha value is -2.39. The van der Waals surface area contributed by atoms with Crippen LogP contribution in [0.4, 0.5) is 8.78 Å². The van der Waals surface area contributed by atoms with E-state index < -0.39 is 17.9 Å². The standard InChI is InChI=1S/C19H22F2N4O3/c20-19(21)6-13(7-22)24(10-19)8-11-1-2-12-9-25(18(28)14(12)5-11)15-3-4-16(26)23-17(15)27/h1-2,5,13,15H,3-4,6-10,22H2,(H,23,26,27)/t13-,15?/m0/s1. The molecule has 4 rings (SSSR count). The SMILES string of the molecule is NC[C@@H]1CC(F)(F)CN1Cc1ccc2c(c1)C(=O)N(C1CCC(=O)NC1=O)C2. The minimum atomic E-state index is -2.75. The third-order valence-corrected chi connectivity index (χ3v) is 5.74. The summed E-state index contributed by atoms with van der Waals surface area (Å²) in [6.45, 7) is 0.398. The Morgan fingerprint density at radius 1 is 1.25 bits per heavy atom. The van der Waals surface area contributed by atoms with Crippen molar-refractivity contribution in [3.8, 4) is 0 Å². The molecular formula is C19H22F2N4O3. The quantitative estimate of drug-likeness (QED) is 0.733. The van der Waals surface area contributed by atoms with E-state index in [-0.39, 0.29) is 50.3 Å². The number of nitrogens with zero attached hydrogens (tertiary/aromatic N) is 2. The van der Waals surface area contributed by atoms with Crippen LogP contribution in [-0.4, -0.2) is 58.6 Å². The Labute approximate surface area is 160 Å². The number of carbonyl (C=O) groups excluding carboxylic acids is 3. The number of likely N-dealkylation sites (tertiary alicyclic amines) is 1. The van der Waals surface area contributed by atoms with Gasteiger partial charge in [0.2, 0.25) is 11.8 Å². The Morgan fingerprint density at radius 3 is 2.75 bits per heavy atom. The molecule has 2 atom stereocenters. The zero-order valence-corrected chi connectivity index (χ0v) is 15.3. The van der Waals surface area contributed by atoms with Crippen molar-refractivity contribution in [2.24, 2.45) is 5.73 Å². The maximum Gasteiger partial charge on any atom is 0.262 e. The molecule has 3 amide bonds. The van der Waals surface area contributed by atoms with Gasteiger partial charge in [0.1, 0.15) is 6.04 Å². The summed E-state index contributed by atoms with van der Waals surface area (Å²) >= 11 is 0. The molecule has 1 aromatic carbocycles. The van der Waals surface area contributed by atoms with Crippen molar-refractivity contribution < 1.29 is 23.2 Å². The van der Waals surface area contributed by atoms with Crippen LogP contribution in [0.1, 0.15) is 40.7 Å². The molecule has 9 heteroatoms. The van der Waals surface area contributed by atoms with Gasteiger partial charge >= 0.3 is 0 Å². The fraction of sp³-hybridized carbons (Fsp3) is 0.526. The van der Waals surface area contributed by atoms with E-state index in [1.807, 2.05) is 6.07 Å². The Kier molecular flexibility index (Phi) is 4.67. The van der Waals surface area contributed by atoms with Crippen LogP contribution < -0.4 is 11.1 Å². The first-order valence-corrected chi connectivity index (χ1v) is 9.36. The van der Waals surface area contributed by atoms with Crippen molar-refractivity contribution in [3.63, 3.8) is 0 Å². The summed E-state index contributed by atoms with van der Waals surface area (Å²) in [4.78, 5) is 39.4. The van der Waals surface area contributed by atoms with E-state index in [9.17, 15) is 23.2 Å². The average Bonchev–Trinajstić information content (AvgIpc) is 3.11. The molecule has 2 saturated heterocycles. The zero-order chi connectivity index (χ0) is 20.1. The topological polar surface area (TPSA) is 95.7 Å². The number of fused-ring (bicyclic) bond motifs is 1. The predicted molar refractivity (Wildman–Crippen MR) is 95.3 cm³/mol. The fourth-order valence-electron chi connectivity index (χ4n) is 4.32. The van der Waals surface area contributed by atoms with Crippen molar-refractivity contribution in [2.45, 2.75) is 50.4 Å². The maximum atomic E-state index is 13.7. The molecule has 3 aliphatic rings. The second-order valence-electron chi connectivity index (χ2n) is 7.75. The number of hydrogen-bond donors (Lipinski definition) is 2. The van der Waals surface area contributed by atoms with Gasteiger partial charge < -0.3 is 10.6 Å². The van der Waals surface area contributed by atoms with Crippen molar-refractivity contribution in [2.75, 3.05) is 13.1 Å². The lowest BCUT2D eigenvalue weighted by atomic mass is 10.0. The molecule has 0 spiro atoms. The van der Waals surface area contributed by atoms with Gasteiger partial charge in [0.15, 0.2) is 0 Å². The highest BCUT2D eigenvalue weighted by Crippen LogP contribution is 2.33. The highest BCUT2D eigenvalue weighted by molar-refractivity contribution is 6.05. The molecule has 3 aliphatic heterocycles. The van der Waals surface area contributed by atoms with E-state index >= 15 is 0 Å². The summed E-state index contributed by atoms with van der Waals surface area (Å²) in [7, 11) is 0. The van der Waals surface area contributed by atoms with Crippen molar-refractivity contribution >= 4 is 17.7 Å². The van der Waals surface area contributed by atoms with Crippen molar-refractivity contribution in [1.82, 2.24) is 15.1 Å². The number of amides is 3. The van der Waals surface area contributed by atoms with Gasteiger partial charge in [-0.05, 0) is 23.6 Å². The number of imide groups is 1. The van der Waals surface area contributed by atoms with E-state index in [4.69, 9.17) is 5.73 Å². The molecule has 7 nitrogen and oxygen atoms in total. The second-order valence-corrected chi connectivity index (χ2v) is 7.75. The molecule has 2 fully saturated rings. The molecule has 0 aliphatic carbocycles. The average molecular weight is 392 g/mol. The fourth-order valence-corrected chi connectivity index (χ4v) is 4.32. The molecule has 0 saturated carbocycles. The second kappa shape index (κ2) is 6.89. The lowest BCUT2D eigenvalue weighted by molar-refractivity contribution is -0.136. The summed E-state index contributed by atoms with van der Waals surface area (Å²) in [6, 6.07) is 4.29. The van der Waals surface area contributed by atoms with Crippen molar-refractivity contribution in [3.05, 3.63) is 34.9 Å². The van der Waals surface area contributed by atoms with Gasteiger partial charge in [0.05, 0.1) is 6.54 Å². The van der Waals surface area contributed by atoms with Gasteiger partial charge in [-0.25, -0.2) is 8.78 Å². The summed E-state index contributed by atoms with van der Waals surface area (Å²) < 4.78 is 27.4. The van der Waals surface area contributed by atoms with Crippen LogP contribution >= 0.6 is 0 Å². The maximum absolute atomic E-state index is 13.7. The largest absolute Gasteiger partial charge is 0.329 e. The number of piperidine rings is 1. The molecule has 150 valence electrons. The highest BCUT2D eigenvalue weighted by Gasteiger charge is 2.44. The van der Waals surface area contributed by atoms with Crippen LogP contribution in [0.25, 0.3) is 0 Å². The first kappa shape index (κ1) is 18.9. The van der Waals surface area contributed by atoms with Gasteiger partial charge in [0.25, 0.3) is 11.8 Å². The Morgan fingerprint density at radius 2 is 2.04 bits per heavy atom. The molecule has 1 unspecified atom stereocenters. The summed E-state index contributed by atoms with van der Waals surface area (Å²) in [5.74, 6) is -3.81. The Balaban J connectivity index is 1.50. The zero-order valence-electron chi connectivity index (χ0n) is 15.3. The van der Waals surface area contributed by atoms with Crippen LogP contribution in [0, 0.1) is 0 Å². The first-order chi connectivity index (χ1) is 13.3. The number of benzene rings is 1. The molecular weight excluding hydrogens is 370 g/mol. The van der Waals surface area contributed by atoms with Gasteiger partial charge in [0, 0.05) is 44.1 Å². The van der Waals surface area contributed by atoms with E-state index in [1.165, 1.54) is 4.90 Å². The number of carbonyl (C=O) groups is 3. The monoisotopic (exact) mass is 392 g/mol. The number of nitrogens with two attached hydrogens (primary N) is 1. The third kappa shape index (κ3) is 3.40. The normalized spacial score (nSPS) is 27.2. The van der Waals surface area contributed by atoms with Crippen LogP contribution in [0.15, 0.2) is 18.2 Å². The molecule has 3 N–H and O–H groups in total. The number of rotatable bonds is 4. The molecule has 0 bridgehead atoms. The van der Waals surface area contributed by atoms with Crippen LogP contribution in [0.3, 0.4) is 0 Å². The van der Waals surface area contributed by atoms with Crippen LogP contribution in [0.2, 0.25) is 0 Å². The summed E-state index contributed by atoms with van der Waals surface area (Å²) in [5.41, 5.74) is 7.67. The van der Waals surface area contributed by atoms with E-state index in [0.29, 0.717) is 18.5 Å². The predicted octanol–water partition coefficient (Wildman–Crippen LogP) is 0.616. The minimum Gasteiger partial charge on any atom is -0.329 e. The molecule has 0 aromatic heterocycles. The number of hydrogen-bond acceptors (Lipinski definition) is 5. The summed E-state index contributed by atoms with van der Waals surface area (Å²) in [6.07, 6.45) is 0.250. The van der Waals surface area contributed by atoms with Crippen LogP contribution in [0.5, 0.6) is 0 Å². The number of alkyl halides is 2. The van der Waals surface area contributed by atoms with E-state index in [1.54, 1.807) is 17.0 Å². The first-order valence-electron chi connectivity index (χ1n) is 9.36. The van der Waals surface area contributed by atoms with Gasteiger partial charge in [-0.2, -0.15) is 0 Å². The third-order valence-electron chi connectivity index (χ3n) is 5.74. The number of halogens is 2. The van der Waals surface area contributed by atoms with E-state index in [0.717, 1.165) is 11.1 Å². The molecule has 1 aromatic rings. The lowest BCUT2D eigenvalue weighted by Crippen LogP contribution is -2.52. The van der Waals surface area contributed by atoms with Crippen molar-refractivity contribution in [1.29, 1.82) is 0 Å². The van der Waals surface area contributed by atoms with E-state index in [2.05, 4.69) is 5.32 Å². The van der Waals surface area contributed by atoms with Gasteiger partial charge in [-0.1, -0.05) is 12.1 Å². The smallest absolute Gasteiger partial charge is 0.262 e. The minimum absolute atomic E-state index is 0.156. The van der Waals surface area contributed by atoms with Gasteiger partial charge in [-0.15, -0.1) is 0 Å². The molecule has 3 heterocycles. The molecule has 0 radical (unpaired) electrons. The van der Waals surface area contributed by atoms with Crippen LogP contribution in [-0.2, 0) is 22.7 Å². The van der Waals surface area contributed by atoms with Gasteiger partial charge in [-0.3, -0.25) is 24.6 Å².